The molecule has 0 bridgehead atoms. The van der Waals surface area contributed by atoms with Crippen molar-refractivity contribution in [3.63, 3.8) is 0 Å². The van der Waals surface area contributed by atoms with Gasteiger partial charge in [-0.25, -0.2) is 0 Å². The van der Waals surface area contributed by atoms with Crippen molar-refractivity contribution >= 4 is 54.5 Å². The maximum absolute atomic E-state index is 2.42. The van der Waals surface area contributed by atoms with Gasteiger partial charge in [0.2, 0.25) is 0 Å². The smallest absolute Gasteiger partial charge is 0.0450 e. The minimum absolute atomic E-state index is 0.963. The van der Waals surface area contributed by atoms with E-state index in [4.69, 9.17) is 0 Å². The van der Waals surface area contributed by atoms with Crippen LogP contribution in [0, 0.1) is 6.92 Å². The maximum atomic E-state index is 2.42. The summed E-state index contributed by atoms with van der Waals surface area (Å²) in [5.74, 6) is 0. The molecule has 0 fully saturated rings. The van der Waals surface area contributed by atoms with Crippen molar-refractivity contribution < 1.29 is 0 Å². The highest BCUT2D eigenvalue weighted by Crippen LogP contribution is 2.48. The molecule has 1 heteroatoms. The molecule has 1 heterocycles. The van der Waals surface area contributed by atoms with Crippen molar-refractivity contribution in [1.29, 1.82) is 0 Å². The number of rotatable bonds is 2. The monoisotopic (exact) mass is 561 g/mol. The number of hydrogen-bond acceptors (Lipinski definition) is 1. The predicted molar refractivity (Wildman–Crippen MR) is 189 cm³/mol. The Bertz CT molecular complexity index is 2450. The summed E-state index contributed by atoms with van der Waals surface area (Å²) in [6.45, 7) is 2.21. The van der Waals surface area contributed by atoms with Gasteiger partial charge in [0, 0.05) is 24.8 Å². The van der Waals surface area contributed by atoms with Gasteiger partial charge in [0.05, 0.1) is 0 Å². The second kappa shape index (κ2) is 9.56. The molecule has 208 valence electrons. The SMILES string of the molecule is Cc1ccc2c(-c3cc4ccccc4c4ccccc34)c3ccccc3c(-c3ccc4c(c3)N(C)c3ccccc3C4)c2c1. The van der Waals surface area contributed by atoms with Gasteiger partial charge in [0.15, 0.2) is 0 Å². The van der Waals surface area contributed by atoms with Crippen LogP contribution in [0.1, 0.15) is 16.7 Å². The second-order valence-electron chi connectivity index (χ2n) is 12.2. The van der Waals surface area contributed by atoms with Crippen LogP contribution in [-0.2, 0) is 6.42 Å². The lowest BCUT2D eigenvalue weighted by atomic mass is 9.83. The van der Waals surface area contributed by atoms with E-state index < -0.39 is 0 Å². The lowest BCUT2D eigenvalue weighted by Gasteiger charge is -2.31. The molecule has 0 aromatic heterocycles. The van der Waals surface area contributed by atoms with E-state index in [1.807, 2.05) is 0 Å². The molecule has 1 aliphatic heterocycles. The molecule has 0 unspecified atom stereocenters. The molecular formula is C43H31N. The third-order valence-electron chi connectivity index (χ3n) is 9.69. The van der Waals surface area contributed by atoms with E-state index in [9.17, 15) is 0 Å². The van der Waals surface area contributed by atoms with Gasteiger partial charge in [0.25, 0.3) is 0 Å². The zero-order valence-electron chi connectivity index (χ0n) is 24.9. The summed E-state index contributed by atoms with van der Waals surface area (Å²) in [5, 5.41) is 10.3. The van der Waals surface area contributed by atoms with Crippen LogP contribution in [0.3, 0.4) is 0 Å². The first-order valence-corrected chi connectivity index (χ1v) is 15.5. The Labute approximate surface area is 257 Å². The van der Waals surface area contributed by atoms with Gasteiger partial charge in [-0.3, -0.25) is 0 Å². The predicted octanol–water partition coefficient (Wildman–Crippen LogP) is 11.6. The molecule has 0 atom stereocenters. The fourth-order valence-electron chi connectivity index (χ4n) is 7.66. The van der Waals surface area contributed by atoms with Crippen LogP contribution >= 0.6 is 0 Å². The minimum Gasteiger partial charge on any atom is -0.344 e. The molecule has 1 nitrogen and oxygen atoms in total. The summed E-state index contributed by atoms with van der Waals surface area (Å²) in [4.78, 5) is 2.36. The van der Waals surface area contributed by atoms with E-state index >= 15 is 0 Å². The normalized spacial score (nSPS) is 12.6. The van der Waals surface area contributed by atoms with E-state index in [1.165, 1.54) is 93.4 Å². The van der Waals surface area contributed by atoms with Crippen LogP contribution < -0.4 is 4.90 Å². The summed E-state index contributed by atoms with van der Waals surface area (Å²) in [7, 11) is 2.20. The van der Waals surface area contributed by atoms with Gasteiger partial charge in [-0.05, 0) is 102 Å². The number of para-hydroxylation sites is 1. The van der Waals surface area contributed by atoms with Gasteiger partial charge >= 0.3 is 0 Å². The molecule has 44 heavy (non-hydrogen) atoms. The number of benzene rings is 8. The highest BCUT2D eigenvalue weighted by molar-refractivity contribution is 6.25. The van der Waals surface area contributed by atoms with E-state index in [1.54, 1.807) is 0 Å². The number of hydrogen-bond donors (Lipinski definition) is 0. The number of aryl methyl sites for hydroxylation is 1. The van der Waals surface area contributed by atoms with Gasteiger partial charge in [-0.1, -0.05) is 127 Å². The molecular weight excluding hydrogens is 530 g/mol. The Balaban J connectivity index is 1.38. The van der Waals surface area contributed by atoms with Crippen LogP contribution in [0.4, 0.5) is 11.4 Å². The summed E-state index contributed by atoms with van der Waals surface area (Å²) in [6, 6.07) is 52.0. The van der Waals surface area contributed by atoms with Crippen molar-refractivity contribution in [2.45, 2.75) is 13.3 Å². The molecule has 1 aliphatic rings. The quantitative estimate of drug-likeness (QED) is 0.150. The van der Waals surface area contributed by atoms with E-state index in [2.05, 4.69) is 158 Å². The van der Waals surface area contributed by atoms with Crippen molar-refractivity contribution in [2.75, 3.05) is 11.9 Å². The average molecular weight is 562 g/mol. The summed E-state index contributed by atoms with van der Waals surface area (Å²) >= 11 is 0. The topological polar surface area (TPSA) is 3.24 Å². The highest BCUT2D eigenvalue weighted by Gasteiger charge is 2.23. The molecule has 0 N–H and O–H groups in total. The first-order valence-electron chi connectivity index (χ1n) is 15.5. The molecule has 0 saturated heterocycles. The third kappa shape index (κ3) is 3.66. The zero-order chi connectivity index (χ0) is 29.4. The summed E-state index contributed by atoms with van der Waals surface area (Å²) in [6.07, 6.45) is 0.963. The average Bonchev–Trinajstić information content (AvgIpc) is 3.07. The highest BCUT2D eigenvalue weighted by atomic mass is 15.1. The Morgan fingerprint density at radius 1 is 0.455 bits per heavy atom. The Kier molecular flexibility index (Phi) is 5.46. The van der Waals surface area contributed by atoms with Crippen molar-refractivity contribution in [3.8, 4) is 22.3 Å². The maximum Gasteiger partial charge on any atom is 0.0450 e. The van der Waals surface area contributed by atoms with Crippen molar-refractivity contribution in [1.82, 2.24) is 0 Å². The molecule has 8 aromatic carbocycles. The standard InChI is InChI=1S/C43H31N/c1-27-19-22-37-38(23-27)42(31-21-20-30-24-29-12-4-10-18-40(29)44(2)41(30)26-31)35-16-8-9-17-36(35)43(37)39-25-28-11-3-5-13-32(28)33-14-6-7-15-34(33)39/h3-23,25-26H,24H2,1-2H3. The van der Waals surface area contributed by atoms with Crippen LogP contribution in [0.5, 0.6) is 0 Å². The fourth-order valence-corrected chi connectivity index (χ4v) is 7.66. The van der Waals surface area contributed by atoms with Crippen LogP contribution in [0.25, 0.3) is 65.3 Å². The second-order valence-corrected chi connectivity index (χ2v) is 12.2. The lowest BCUT2D eigenvalue weighted by Crippen LogP contribution is -2.18. The van der Waals surface area contributed by atoms with E-state index in [-0.39, 0.29) is 0 Å². The minimum atomic E-state index is 0.963. The number of fused-ring (bicyclic) bond motifs is 7. The number of nitrogens with zero attached hydrogens (tertiary/aromatic N) is 1. The molecule has 0 spiro atoms. The Morgan fingerprint density at radius 2 is 1.09 bits per heavy atom. The Morgan fingerprint density at radius 3 is 1.93 bits per heavy atom. The lowest BCUT2D eigenvalue weighted by molar-refractivity contribution is 1.06. The van der Waals surface area contributed by atoms with Gasteiger partial charge < -0.3 is 4.90 Å². The molecule has 0 radical (unpaired) electrons. The molecule has 0 aliphatic carbocycles. The van der Waals surface area contributed by atoms with Crippen molar-refractivity contribution in [2.24, 2.45) is 0 Å². The van der Waals surface area contributed by atoms with Crippen LogP contribution in [0.2, 0.25) is 0 Å². The number of anilines is 2. The summed E-state index contributed by atoms with van der Waals surface area (Å²) in [5.41, 5.74) is 11.8. The first kappa shape index (κ1) is 25.1. The largest absolute Gasteiger partial charge is 0.344 e. The van der Waals surface area contributed by atoms with E-state index in [0.29, 0.717) is 0 Å². The summed E-state index contributed by atoms with van der Waals surface area (Å²) < 4.78 is 0. The van der Waals surface area contributed by atoms with Gasteiger partial charge in [0.1, 0.15) is 0 Å². The van der Waals surface area contributed by atoms with Gasteiger partial charge in [-0.2, -0.15) is 0 Å². The molecule has 0 amide bonds. The fraction of sp³-hybridized carbons (Fsp3) is 0.0698. The molecule has 9 rings (SSSR count). The van der Waals surface area contributed by atoms with Crippen LogP contribution in [-0.4, -0.2) is 7.05 Å². The van der Waals surface area contributed by atoms with Crippen molar-refractivity contribution in [3.05, 3.63) is 156 Å². The van der Waals surface area contributed by atoms with Gasteiger partial charge in [-0.15, -0.1) is 0 Å². The van der Waals surface area contributed by atoms with E-state index in [0.717, 1.165) is 6.42 Å². The Hall–Kier alpha value is -5.40. The molecule has 8 aromatic rings. The first-order chi connectivity index (χ1) is 21.7. The molecule has 0 saturated carbocycles. The third-order valence-corrected chi connectivity index (χ3v) is 9.69. The zero-order valence-corrected chi connectivity index (χ0v) is 24.9. The van der Waals surface area contributed by atoms with Crippen LogP contribution in [0.15, 0.2) is 140 Å².